The number of carboxylic acid groups (broad SMARTS) is 1. The van der Waals surface area contributed by atoms with Gasteiger partial charge in [0.1, 0.15) is 0 Å². The van der Waals surface area contributed by atoms with Gasteiger partial charge in [0, 0.05) is 13.1 Å². The van der Waals surface area contributed by atoms with Crippen LogP contribution < -0.4 is 0 Å². The molecule has 130 valence electrons. The van der Waals surface area contributed by atoms with Crippen LogP contribution in [0.5, 0.6) is 0 Å². The molecule has 4 nitrogen and oxygen atoms in total. The number of carbonyl (C=O) groups excluding carboxylic acids is 1. The van der Waals surface area contributed by atoms with Gasteiger partial charge in [0.05, 0.1) is 21.4 Å². The van der Waals surface area contributed by atoms with E-state index < -0.39 is 11.4 Å². The highest BCUT2D eigenvalue weighted by Crippen LogP contribution is 2.47. The minimum atomic E-state index is -0.766. The van der Waals surface area contributed by atoms with Crippen molar-refractivity contribution in [2.24, 2.45) is 11.8 Å². The van der Waals surface area contributed by atoms with Crippen LogP contribution in [-0.4, -0.2) is 35.0 Å². The molecule has 3 rings (SSSR count). The maximum absolute atomic E-state index is 13.2. The fourth-order valence-electron chi connectivity index (χ4n) is 3.95. The van der Waals surface area contributed by atoms with Gasteiger partial charge in [-0.1, -0.05) is 42.6 Å². The molecule has 24 heavy (non-hydrogen) atoms. The Morgan fingerprint density at radius 3 is 2.46 bits per heavy atom. The monoisotopic (exact) mass is 369 g/mol. The summed E-state index contributed by atoms with van der Waals surface area (Å²) in [6.07, 6.45) is 3.13. The minimum absolute atomic E-state index is 0.0360. The lowest BCUT2D eigenvalue weighted by Crippen LogP contribution is -2.55. The SMILES string of the molecule is CC1CN(C(=O)C2(c3ccc(Cl)c(Cl)c3)CCC2)CCC1C(=O)O. The Balaban J connectivity index is 1.82. The van der Waals surface area contributed by atoms with Crippen LogP contribution in [0.2, 0.25) is 10.0 Å². The number of hydrogen-bond acceptors (Lipinski definition) is 2. The molecule has 1 aromatic carbocycles. The number of carboxylic acids is 1. The molecule has 1 saturated carbocycles. The number of hydrogen-bond donors (Lipinski definition) is 1. The van der Waals surface area contributed by atoms with Gasteiger partial charge in [-0.05, 0) is 42.9 Å². The van der Waals surface area contributed by atoms with Crippen molar-refractivity contribution in [3.63, 3.8) is 0 Å². The Hall–Kier alpha value is -1.26. The summed E-state index contributed by atoms with van der Waals surface area (Å²) in [5.74, 6) is -1.07. The lowest BCUT2D eigenvalue weighted by atomic mass is 9.63. The Bertz CT molecular complexity index is 672. The number of aliphatic carboxylic acids is 1. The van der Waals surface area contributed by atoms with E-state index in [2.05, 4.69) is 0 Å². The van der Waals surface area contributed by atoms with E-state index in [4.69, 9.17) is 23.2 Å². The zero-order valence-electron chi connectivity index (χ0n) is 13.6. The van der Waals surface area contributed by atoms with Crippen LogP contribution >= 0.6 is 23.2 Å². The summed E-state index contributed by atoms with van der Waals surface area (Å²) in [5, 5.41) is 10.2. The molecule has 1 saturated heterocycles. The van der Waals surface area contributed by atoms with Crippen molar-refractivity contribution in [2.75, 3.05) is 13.1 Å². The van der Waals surface area contributed by atoms with E-state index in [0.717, 1.165) is 24.8 Å². The van der Waals surface area contributed by atoms with E-state index >= 15 is 0 Å². The van der Waals surface area contributed by atoms with Gasteiger partial charge in [-0.25, -0.2) is 0 Å². The van der Waals surface area contributed by atoms with E-state index in [1.165, 1.54) is 0 Å². The minimum Gasteiger partial charge on any atom is -0.481 e. The molecule has 0 aromatic heterocycles. The average molecular weight is 370 g/mol. The fourth-order valence-corrected chi connectivity index (χ4v) is 4.25. The molecule has 2 aliphatic rings. The van der Waals surface area contributed by atoms with E-state index in [9.17, 15) is 14.7 Å². The summed E-state index contributed by atoms with van der Waals surface area (Å²) in [4.78, 5) is 26.3. The number of carbonyl (C=O) groups is 2. The lowest BCUT2D eigenvalue weighted by Gasteiger charge is -2.46. The topological polar surface area (TPSA) is 57.6 Å². The molecule has 2 fully saturated rings. The lowest BCUT2D eigenvalue weighted by molar-refractivity contribution is -0.151. The van der Waals surface area contributed by atoms with Crippen molar-refractivity contribution in [2.45, 2.75) is 38.0 Å². The molecule has 6 heteroatoms. The maximum Gasteiger partial charge on any atom is 0.306 e. The second-order valence-electron chi connectivity index (χ2n) is 7.03. The van der Waals surface area contributed by atoms with Crippen molar-refractivity contribution in [1.29, 1.82) is 0 Å². The quantitative estimate of drug-likeness (QED) is 0.876. The van der Waals surface area contributed by atoms with E-state index in [-0.39, 0.29) is 17.7 Å². The molecule has 1 aliphatic heterocycles. The summed E-state index contributed by atoms with van der Waals surface area (Å²) < 4.78 is 0. The predicted molar refractivity (Wildman–Crippen MR) is 93.5 cm³/mol. The Labute approximate surface area is 151 Å². The average Bonchev–Trinajstić information content (AvgIpc) is 2.49. The molecule has 0 spiro atoms. The third kappa shape index (κ3) is 2.91. The third-order valence-corrected chi connectivity index (χ3v) is 6.34. The molecule has 1 aliphatic carbocycles. The zero-order valence-corrected chi connectivity index (χ0v) is 15.1. The van der Waals surface area contributed by atoms with Crippen LogP contribution in [0.1, 0.15) is 38.2 Å². The zero-order chi connectivity index (χ0) is 17.5. The molecule has 0 bridgehead atoms. The van der Waals surface area contributed by atoms with Gasteiger partial charge in [0.25, 0.3) is 0 Å². The van der Waals surface area contributed by atoms with Crippen LogP contribution in [-0.2, 0) is 15.0 Å². The first kappa shape index (κ1) is 17.6. The van der Waals surface area contributed by atoms with Gasteiger partial charge in [0.15, 0.2) is 0 Å². The van der Waals surface area contributed by atoms with Gasteiger partial charge < -0.3 is 10.0 Å². The molecule has 1 heterocycles. The smallest absolute Gasteiger partial charge is 0.306 e. The van der Waals surface area contributed by atoms with E-state index in [0.29, 0.717) is 29.6 Å². The third-order valence-electron chi connectivity index (χ3n) is 5.60. The van der Waals surface area contributed by atoms with Crippen molar-refractivity contribution >= 4 is 35.1 Å². The van der Waals surface area contributed by atoms with Gasteiger partial charge >= 0.3 is 5.97 Å². The highest BCUT2D eigenvalue weighted by Gasteiger charge is 2.49. The van der Waals surface area contributed by atoms with Crippen molar-refractivity contribution < 1.29 is 14.7 Å². The predicted octanol–water partition coefficient (Wildman–Crippen LogP) is 3.98. The second-order valence-corrected chi connectivity index (χ2v) is 7.84. The Kier molecular flexibility index (Phi) is 4.80. The Morgan fingerprint density at radius 2 is 1.96 bits per heavy atom. The number of rotatable bonds is 3. The van der Waals surface area contributed by atoms with Crippen molar-refractivity contribution in [3.8, 4) is 0 Å². The highest BCUT2D eigenvalue weighted by molar-refractivity contribution is 6.42. The van der Waals surface area contributed by atoms with Crippen LogP contribution in [0, 0.1) is 11.8 Å². The van der Waals surface area contributed by atoms with E-state index in [1.807, 2.05) is 17.9 Å². The maximum atomic E-state index is 13.2. The molecular weight excluding hydrogens is 349 g/mol. The van der Waals surface area contributed by atoms with Crippen molar-refractivity contribution in [1.82, 2.24) is 4.90 Å². The largest absolute Gasteiger partial charge is 0.481 e. The summed E-state index contributed by atoms with van der Waals surface area (Å²) in [6, 6.07) is 5.43. The van der Waals surface area contributed by atoms with Gasteiger partial charge in [-0.3, -0.25) is 9.59 Å². The number of benzene rings is 1. The van der Waals surface area contributed by atoms with Crippen LogP contribution in [0.3, 0.4) is 0 Å². The molecule has 1 amide bonds. The molecule has 0 radical (unpaired) electrons. The first-order chi connectivity index (χ1) is 11.3. The normalized spacial score (nSPS) is 25.9. The summed E-state index contributed by atoms with van der Waals surface area (Å²) >= 11 is 12.1. The summed E-state index contributed by atoms with van der Waals surface area (Å²) in [5.41, 5.74) is 0.394. The van der Waals surface area contributed by atoms with Gasteiger partial charge in [-0.15, -0.1) is 0 Å². The fraction of sp³-hybridized carbons (Fsp3) is 0.556. The molecule has 1 aromatic rings. The standard InChI is InChI=1S/C18H21Cl2NO3/c1-11-10-21(8-5-13(11)16(22)23)17(24)18(6-2-7-18)12-3-4-14(19)15(20)9-12/h3-4,9,11,13H,2,5-8,10H2,1H3,(H,22,23). The molecule has 2 atom stereocenters. The Morgan fingerprint density at radius 1 is 1.25 bits per heavy atom. The van der Waals surface area contributed by atoms with E-state index in [1.54, 1.807) is 12.1 Å². The molecular formula is C18H21Cl2NO3. The number of piperidine rings is 1. The number of nitrogens with zero attached hydrogens (tertiary/aromatic N) is 1. The summed E-state index contributed by atoms with van der Waals surface area (Å²) in [6.45, 7) is 2.91. The molecule has 1 N–H and O–H groups in total. The van der Waals surface area contributed by atoms with Gasteiger partial charge in [-0.2, -0.15) is 0 Å². The number of amides is 1. The van der Waals surface area contributed by atoms with Gasteiger partial charge in [0.2, 0.25) is 5.91 Å². The second kappa shape index (κ2) is 6.57. The highest BCUT2D eigenvalue weighted by atomic mass is 35.5. The number of likely N-dealkylation sites (tertiary alicyclic amines) is 1. The molecule has 2 unspecified atom stereocenters. The first-order valence-electron chi connectivity index (χ1n) is 8.33. The van der Waals surface area contributed by atoms with Crippen LogP contribution in [0.25, 0.3) is 0 Å². The number of halogens is 2. The van der Waals surface area contributed by atoms with Crippen LogP contribution in [0.15, 0.2) is 18.2 Å². The summed E-state index contributed by atoms with van der Waals surface area (Å²) in [7, 11) is 0. The van der Waals surface area contributed by atoms with Crippen LogP contribution in [0.4, 0.5) is 0 Å². The van der Waals surface area contributed by atoms with Crippen molar-refractivity contribution in [3.05, 3.63) is 33.8 Å². The first-order valence-corrected chi connectivity index (χ1v) is 9.08.